The maximum atomic E-state index is 12.0. The monoisotopic (exact) mass is 315 g/mol. The lowest BCUT2D eigenvalue weighted by atomic mass is 10.1. The average Bonchev–Trinajstić information content (AvgIpc) is 2.34. The van der Waals surface area contributed by atoms with Crippen molar-refractivity contribution in [1.29, 1.82) is 0 Å². The highest BCUT2D eigenvalue weighted by Gasteiger charge is 2.15. The Labute approximate surface area is 113 Å². The summed E-state index contributed by atoms with van der Waals surface area (Å²) in [5.74, 6) is -0.370. The van der Waals surface area contributed by atoms with Gasteiger partial charge < -0.3 is 20.9 Å². The second-order valence-electron chi connectivity index (χ2n) is 3.73. The minimum atomic E-state index is -0.328. The maximum Gasteiger partial charge on any atom is 0.257 e. The van der Waals surface area contributed by atoms with Gasteiger partial charge in [-0.3, -0.25) is 4.79 Å². The van der Waals surface area contributed by atoms with Crippen molar-refractivity contribution in [3.8, 4) is 5.75 Å². The van der Waals surface area contributed by atoms with Crippen LogP contribution in [0.25, 0.3) is 0 Å². The molecule has 18 heavy (non-hydrogen) atoms. The number of amidine groups is 1. The van der Waals surface area contributed by atoms with Gasteiger partial charge in [-0.15, -0.1) is 0 Å². The Morgan fingerprint density at radius 1 is 1.56 bits per heavy atom. The summed E-state index contributed by atoms with van der Waals surface area (Å²) >= 11 is 3.20. The van der Waals surface area contributed by atoms with Gasteiger partial charge in [0.05, 0.1) is 5.56 Å². The highest BCUT2D eigenvalue weighted by atomic mass is 79.9. The van der Waals surface area contributed by atoms with Crippen LogP contribution in [0.4, 0.5) is 0 Å². The molecule has 6 nitrogen and oxygen atoms in total. The maximum absolute atomic E-state index is 12.0. The van der Waals surface area contributed by atoms with Crippen molar-refractivity contribution in [3.05, 3.63) is 28.2 Å². The number of rotatable bonds is 4. The van der Waals surface area contributed by atoms with E-state index in [0.29, 0.717) is 11.0 Å². The number of carbonyl (C=O) groups excluding carboxylic acids is 1. The van der Waals surface area contributed by atoms with Crippen LogP contribution in [-0.4, -0.2) is 40.5 Å². The van der Waals surface area contributed by atoms with Crippen molar-refractivity contribution >= 4 is 27.7 Å². The first-order valence-electron chi connectivity index (χ1n) is 5.16. The highest BCUT2D eigenvalue weighted by Crippen LogP contribution is 2.23. The van der Waals surface area contributed by atoms with Gasteiger partial charge in [0, 0.05) is 24.5 Å². The van der Waals surface area contributed by atoms with Gasteiger partial charge in [-0.1, -0.05) is 21.1 Å². The van der Waals surface area contributed by atoms with E-state index >= 15 is 0 Å². The number of carbonyl (C=O) groups is 1. The minimum absolute atomic E-state index is 0.0506. The van der Waals surface area contributed by atoms with Crippen molar-refractivity contribution in [2.24, 2.45) is 10.9 Å². The fourth-order valence-corrected chi connectivity index (χ4v) is 1.67. The van der Waals surface area contributed by atoms with E-state index in [1.807, 2.05) is 0 Å². The zero-order valence-electron chi connectivity index (χ0n) is 9.80. The molecule has 0 fully saturated rings. The molecule has 7 heteroatoms. The number of nitrogens with zero attached hydrogens (tertiary/aromatic N) is 2. The Morgan fingerprint density at radius 3 is 2.78 bits per heavy atom. The van der Waals surface area contributed by atoms with Crippen molar-refractivity contribution in [3.63, 3.8) is 0 Å². The Balaban J connectivity index is 2.74. The van der Waals surface area contributed by atoms with E-state index in [9.17, 15) is 9.90 Å². The number of hydrogen-bond donors (Lipinski definition) is 3. The molecular formula is C11H14BrN3O3. The largest absolute Gasteiger partial charge is 0.507 e. The van der Waals surface area contributed by atoms with Crippen LogP contribution >= 0.6 is 15.9 Å². The molecular weight excluding hydrogens is 302 g/mol. The summed E-state index contributed by atoms with van der Waals surface area (Å²) in [7, 11) is 1.58. The number of phenolic OH excluding ortho intramolecular Hbond substituents is 1. The molecule has 0 aromatic heterocycles. The van der Waals surface area contributed by atoms with Crippen molar-refractivity contribution in [2.45, 2.75) is 6.42 Å². The normalized spacial score (nSPS) is 11.3. The number of oxime groups is 1. The Bertz CT molecular complexity index is 477. The molecule has 0 saturated heterocycles. The lowest BCUT2D eigenvalue weighted by Crippen LogP contribution is -2.30. The second-order valence-corrected chi connectivity index (χ2v) is 4.65. The SMILES string of the molecule is CN(CCC(N)=NO)C(=O)c1ccc(Br)cc1O. The predicted octanol–water partition coefficient (Wildman–Crippen LogP) is 1.36. The smallest absolute Gasteiger partial charge is 0.257 e. The zero-order valence-corrected chi connectivity index (χ0v) is 11.4. The number of halogens is 1. The van der Waals surface area contributed by atoms with Crippen molar-refractivity contribution in [1.82, 2.24) is 4.90 Å². The summed E-state index contributed by atoms with van der Waals surface area (Å²) in [6.07, 6.45) is 0.260. The summed E-state index contributed by atoms with van der Waals surface area (Å²) in [6, 6.07) is 4.65. The van der Waals surface area contributed by atoms with Crippen LogP contribution in [0.5, 0.6) is 5.75 Å². The summed E-state index contributed by atoms with van der Waals surface area (Å²) in [6.45, 7) is 0.296. The molecule has 0 unspecified atom stereocenters. The van der Waals surface area contributed by atoms with E-state index in [1.54, 1.807) is 13.1 Å². The van der Waals surface area contributed by atoms with Crippen LogP contribution in [0.1, 0.15) is 16.8 Å². The predicted molar refractivity (Wildman–Crippen MR) is 70.8 cm³/mol. The van der Waals surface area contributed by atoms with Gasteiger partial charge in [0.25, 0.3) is 5.91 Å². The van der Waals surface area contributed by atoms with Crippen LogP contribution < -0.4 is 5.73 Å². The van der Waals surface area contributed by atoms with Gasteiger partial charge in [-0.05, 0) is 18.2 Å². The molecule has 4 N–H and O–H groups in total. The standard InChI is InChI=1S/C11H14BrN3O3/c1-15(5-4-10(13)14-18)11(17)8-3-2-7(12)6-9(8)16/h2-3,6,16,18H,4-5H2,1H3,(H2,13,14). The third kappa shape index (κ3) is 3.63. The molecule has 0 heterocycles. The number of hydrogen-bond acceptors (Lipinski definition) is 4. The topological polar surface area (TPSA) is 99.1 Å². The molecule has 0 saturated carbocycles. The van der Waals surface area contributed by atoms with E-state index in [-0.39, 0.29) is 29.5 Å². The van der Waals surface area contributed by atoms with E-state index < -0.39 is 0 Å². The molecule has 1 aromatic carbocycles. The number of phenols is 1. The minimum Gasteiger partial charge on any atom is -0.507 e. The van der Waals surface area contributed by atoms with Crippen LogP contribution in [0, 0.1) is 0 Å². The first-order valence-corrected chi connectivity index (χ1v) is 5.95. The fraction of sp³-hybridized carbons (Fsp3) is 0.273. The summed E-state index contributed by atoms with van der Waals surface area (Å²) in [4.78, 5) is 13.4. The van der Waals surface area contributed by atoms with E-state index in [4.69, 9.17) is 10.9 Å². The van der Waals surface area contributed by atoms with Crippen molar-refractivity contribution in [2.75, 3.05) is 13.6 Å². The average molecular weight is 316 g/mol. The second kappa shape index (κ2) is 6.25. The van der Waals surface area contributed by atoms with Crippen molar-refractivity contribution < 1.29 is 15.1 Å². The van der Waals surface area contributed by atoms with Gasteiger partial charge in [0.15, 0.2) is 0 Å². The third-order valence-electron chi connectivity index (χ3n) is 2.37. The van der Waals surface area contributed by atoms with Gasteiger partial charge in [0.1, 0.15) is 11.6 Å². The molecule has 98 valence electrons. The van der Waals surface area contributed by atoms with Crippen LogP contribution in [0.2, 0.25) is 0 Å². The molecule has 0 aliphatic rings. The van der Waals surface area contributed by atoms with Crippen LogP contribution in [0.15, 0.2) is 27.8 Å². The molecule has 1 amide bonds. The fourth-order valence-electron chi connectivity index (χ4n) is 1.33. The Hall–Kier alpha value is -1.76. The van der Waals surface area contributed by atoms with Gasteiger partial charge >= 0.3 is 0 Å². The molecule has 0 aliphatic heterocycles. The summed E-state index contributed by atoms with van der Waals surface area (Å²) < 4.78 is 0.691. The number of nitrogens with two attached hydrogens (primary N) is 1. The molecule has 0 bridgehead atoms. The third-order valence-corrected chi connectivity index (χ3v) is 2.86. The highest BCUT2D eigenvalue weighted by molar-refractivity contribution is 9.10. The number of amides is 1. The van der Waals surface area contributed by atoms with Gasteiger partial charge in [-0.25, -0.2) is 0 Å². The van der Waals surface area contributed by atoms with Crippen LogP contribution in [0.3, 0.4) is 0 Å². The summed E-state index contributed by atoms with van der Waals surface area (Å²) in [5.41, 5.74) is 5.52. The van der Waals surface area contributed by atoms with Gasteiger partial charge in [0.2, 0.25) is 0 Å². The molecule has 0 spiro atoms. The lowest BCUT2D eigenvalue weighted by Gasteiger charge is -2.17. The molecule has 0 atom stereocenters. The Kier molecular flexibility index (Phi) is 4.96. The van der Waals surface area contributed by atoms with E-state index in [2.05, 4.69) is 21.1 Å². The first kappa shape index (κ1) is 14.3. The van der Waals surface area contributed by atoms with E-state index in [1.165, 1.54) is 17.0 Å². The lowest BCUT2D eigenvalue weighted by molar-refractivity contribution is 0.0795. The quantitative estimate of drug-likeness (QED) is 0.338. The molecule has 1 rings (SSSR count). The first-order chi connectivity index (χ1) is 8.45. The van der Waals surface area contributed by atoms with E-state index in [0.717, 1.165) is 0 Å². The number of aromatic hydroxyl groups is 1. The Morgan fingerprint density at radius 2 is 2.22 bits per heavy atom. The zero-order chi connectivity index (χ0) is 13.7. The summed E-state index contributed by atoms with van der Waals surface area (Å²) in [5, 5.41) is 20.9. The molecule has 1 aromatic rings. The number of benzene rings is 1. The van der Waals surface area contributed by atoms with Gasteiger partial charge in [-0.2, -0.15) is 0 Å². The molecule has 0 radical (unpaired) electrons. The molecule has 0 aliphatic carbocycles. The van der Waals surface area contributed by atoms with Crippen LogP contribution in [-0.2, 0) is 0 Å².